The van der Waals surface area contributed by atoms with Crippen LogP contribution in [0.3, 0.4) is 0 Å². The smallest absolute Gasteiger partial charge is 0.136 e. The van der Waals surface area contributed by atoms with Gasteiger partial charge in [-0.3, -0.25) is 4.79 Å². The third-order valence-electron chi connectivity index (χ3n) is 4.77. The van der Waals surface area contributed by atoms with Crippen molar-refractivity contribution in [3.05, 3.63) is 30.3 Å². The highest BCUT2D eigenvalue weighted by atomic mass is 16.5. The van der Waals surface area contributed by atoms with Crippen molar-refractivity contribution in [3.63, 3.8) is 0 Å². The van der Waals surface area contributed by atoms with Crippen molar-refractivity contribution in [2.24, 2.45) is 17.8 Å². The van der Waals surface area contributed by atoms with Crippen molar-refractivity contribution in [1.82, 2.24) is 0 Å². The van der Waals surface area contributed by atoms with Crippen LogP contribution in [0.1, 0.15) is 38.5 Å². The molecule has 0 heterocycles. The Labute approximate surface area is 115 Å². The van der Waals surface area contributed by atoms with E-state index in [2.05, 4.69) is 0 Å². The molecule has 2 saturated carbocycles. The molecule has 0 aromatic heterocycles. The SMILES string of the molecule is O=C(CCOc1ccccc1)CC1CC2CCC1C2. The van der Waals surface area contributed by atoms with Crippen molar-refractivity contribution in [1.29, 1.82) is 0 Å². The summed E-state index contributed by atoms with van der Waals surface area (Å²) >= 11 is 0. The van der Waals surface area contributed by atoms with Gasteiger partial charge in [0.15, 0.2) is 0 Å². The molecular weight excluding hydrogens is 236 g/mol. The van der Waals surface area contributed by atoms with Crippen molar-refractivity contribution < 1.29 is 9.53 Å². The molecule has 3 unspecified atom stereocenters. The van der Waals surface area contributed by atoms with Crippen LogP contribution in [0.4, 0.5) is 0 Å². The third kappa shape index (κ3) is 3.17. The van der Waals surface area contributed by atoms with Gasteiger partial charge in [-0.2, -0.15) is 0 Å². The standard InChI is InChI=1S/C17H22O2/c18-16(8-9-19-17-4-2-1-3-5-17)12-15-11-13-6-7-14(15)10-13/h1-5,13-15H,6-12H2. The van der Waals surface area contributed by atoms with E-state index >= 15 is 0 Å². The second-order valence-corrected chi connectivity index (χ2v) is 6.09. The molecule has 102 valence electrons. The van der Waals surface area contributed by atoms with Gasteiger partial charge < -0.3 is 4.74 Å². The Hall–Kier alpha value is -1.31. The predicted molar refractivity (Wildman–Crippen MR) is 75.1 cm³/mol. The number of para-hydroxylation sites is 1. The number of carbonyl (C=O) groups is 1. The first-order chi connectivity index (χ1) is 9.31. The van der Waals surface area contributed by atoms with Gasteiger partial charge in [0.05, 0.1) is 6.61 Å². The summed E-state index contributed by atoms with van der Waals surface area (Å²) in [5.74, 6) is 3.71. The summed E-state index contributed by atoms with van der Waals surface area (Å²) in [7, 11) is 0. The molecule has 0 spiro atoms. The fourth-order valence-electron chi connectivity index (χ4n) is 3.82. The largest absolute Gasteiger partial charge is 0.493 e. The number of Topliss-reactive ketones (excluding diaryl/α,β-unsaturated/α-hetero) is 1. The van der Waals surface area contributed by atoms with E-state index in [1.165, 1.54) is 25.7 Å². The molecule has 2 bridgehead atoms. The average Bonchev–Trinajstić information content (AvgIpc) is 3.02. The highest BCUT2D eigenvalue weighted by Crippen LogP contribution is 2.49. The quantitative estimate of drug-likeness (QED) is 0.774. The van der Waals surface area contributed by atoms with Crippen LogP contribution in [0, 0.1) is 17.8 Å². The summed E-state index contributed by atoms with van der Waals surface area (Å²) < 4.78 is 5.58. The first-order valence-electron chi connectivity index (χ1n) is 7.51. The Morgan fingerprint density at radius 3 is 2.68 bits per heavy atom. The monoisotopic (exact) mass is 258 g/mol. The summed E-state index contributed by atoms with van der Waals surface area (Å²) in [4.78, 5) is 12.0. The Kier molecular flexibility index (Phi) is 3.86. The van der Waals surface area contributed by atoms with E-state index in [1.807, 2.05) is 30.3 Å². The maximum atomic E-state index is 12.0. The molecule has 3 rings (SSSR count). The molecule has 0 amide bonds. The first kappa shape index (κ1) is 12.7. The summed E-state index contributed by atoms with van der Waals surface area (Å²) in [6, 6.07) is 9.73. The maximum Gasteiger partial charge on any atom is 0.136 e. The zero-order valence-electron chi connectivity index (χ0n) is 11.4. The number of carbonyl (C=O) groups excluding carboxylic acids is 1. The molecule has 2 nitrogen and oxygen atoms in total. The fraction of sp³-hybridized carbons (Fsp3) is 0.588. The highest BCUT2D eigenvalue weighted by molar-refractivity contribution is 5.78. The number of rotatable bonds is 6. The van der Waals surface area contributed by atoms with E-state index in [4.69, 9.17) is 4.74 Å². The molecule has 0 N–H and O–H groups in total. The molecule has 3 atom stereocenters. The molecule has 0 saturated heterocycles. The van der Waals surface area contributed by atoms with Gasteiger partial charge >= 0.3 is 0 Å². The van der Waals surface area contributed by atoms with Crippen LogP contribution in [0.15, 0.2) is 30.3 Å². The summed E-state index contributed by atoms with van der Waals surface area (Å²) in [6.45, 7) is 0.518. The molecule has 1 aromatic rings. The van der Waals surface area contributed by atoms with Crippen LogP contribution in [-0.2, 0) is 4.79 Å². The number of ether oxygens (including phenoxy) is 1. The van der Waals surface area contributed by atoms with Crippen molar-refractivity contribution in [3.8, 4) is 5.75 Å². The Balaban J connectivity index is 1.38. The van der Waals surface area contributed by atoms with Crippen molar-refractivity contribution in [2.75, 3.05) is 6.61 Å². The van der Waals surface area contributed by atoms with Crippen LogP contribution in [-0.4, -0.2) is 12.4 Å². The molecule has 2 heteroatoms. The zero-order chi connectivity index (χ0) is 13.1. The minimum atomic E-state index is 0.383. The van der Waals surface area contributed by atoms with E-state index in [-0.39, 0.29) is 0 Å². The Morgan fingerprint density at radius 1 is 1.16 bits per heavy atom. The number of benzene rings is 1. The van der Waals surface area contributed by atoms with E-state index in [9.17, 15) is 4.79 Å². The lowest BCUT2D eigenvalue weighted by Gasteiger charge is -2.20. The fourth-order valence-corrected chi connectivity index (χ4v) is 3.82. The number of hydrogen-bond donors (Lipinski definition) is 0. The normalized spacial score (nSPS) is 28.5. The zero-order valence-corrected chi connectivity index (χ0v) is 11.4. The molecule has 2 fully saturated rings. The van der Waals surface area contributed by atoms with E-state index < -0.39 is 0 Å². The Morgan fingerprint density at radius 2 is 2.00 bits per heavy atom. The maximum absolute atomic E-state index is 12.0. The second-order valence-electron chi connectivity index (χ2n) is 6.09. The van der Waals surface area contributed by atoms with Crippen LogP contribution >= 0.6 is 0 Å². The minimum Gasteiger partial charge on any atom is -0.493 e. The van der Waals surface area contributed by atoms with Gasteiger partial charge in [-0.25, -0.2) is 0 Å². The topological polar surface area (TPSA) is 26.3 Å². The van der Waals surface area contributed by atoms with Crippen molar-refractivity contribution in [2.45, 2.75) is 38.5 Å². The lowest BCUT2D eigenvalue weighted by Crippen LogP contribution is -2.16. The van der Waals surface area contributed by atoms with Crippen LogP contribution in [0.2, 0.25) is 0 Å². The van der Waals surface area contributed by atoms with Gasteiger partial charge in [0.1, 0.15) is 11.5 Å². The van der Waals surface area contributed by atoms with Crippen LogP contribution < -0.4 is 4.74 Å². The number of ketones is 1. The highest BCUT2D eigenvalue weighted by Gasteiger charge is 2.39. The molecule has 0 aliphatic heterocycles. The summed E-state index contributed by atoms with van der Waals surface area (Å²) in [6.07, 6.45) is 6.81. The van der Waals surface area contributed by atoms with Gasteiger partial charge in [0.2, 0.25) is 0 Å². The predicted octanol–water partition coefficient (Wildman–Crippen LogP) is 3.85. The second kappa shape index (κ2) is 5.77. The van der Waals surface area contributed by atoms with Crippen LogP contribution in [0.25, 0.3) is 0 Å². The van der Waals surface area contributed by atoms with E-state index in [0.717, 1.165) is 24.0 Å². The molecule has 2 aliphatic carbocycles. The van der Waals surface area contributed by atoms with Gasteiger partial charge in [-0.05, 0) is 49.1 Å². The summed E-state index contributed by atoms with van der Waals surface area (Å²) in [5.41, 5.74) is 0. The van der Waals surface area contributed by atoms with Gasteiger partial charge in [0, 0.05) is 12.8 Å². The van der Waals surface area contributed by atoms with Gasteiger partial charge in [0.25, 0.3) is 0 Å². The Bertz CT molecular complexity index is 426. The third-order valence-corrected chi connectivity index (χ3v) is 4.77. The lowest BCUT2D eigenvalue weighted by atomic mass is 9.85. The van der Waals surface area contributed by atoms with E-state index in [1.54, 1.807) is 0 Å². The molecule has 19 heavy (non-hydrogen) atoms. The molecular formula is C17H22O2. The van der Waals surface area contributed by atoms with Crippen molar-refractivity contribution >= 4 is 5.78 Å². The molecule has 0 radical (unpaired) electrons. The van der Waals surface area contributed by atoms with E-state index in [0.29, 0.717) is 24.7 Å². The average molecular weight is 258 g/mol. The minimum absolute atomic E-state index is 0.383. The first-order valence-corrected chi connectivity index (χ1v) is 7.51. The van der Waals surface area contributed by atoms with Gasteiger partial charge in [-0.15, -0.1) is 0 Å². The van der Waals surface area contributed by atoms with Gasteiger partial charge in [-0.1, -0.05) is 24.6 Å². The lowest BCUT2D eigenvalue weighted by molar-refractivity contribution is -0.120. The number of hydrogen-bond acceptors (Lipinski definition) is 2. The summed E-state index contributed by atoms with van der Waals surface area (Å²) in [5, 5.41) is 0. The molecule has 2 aliphatic rings. The van der Waals surface area contributed by atoms with Crippen LogP contribution in [0.5, 0.6) is 5.75 Å². The molecule has 1 aromatic carbocycles. The number of fused-ring (bicyclic) bond motifs is 2.